The molecule has 2 unspecified atom stereocenters. The van der Waals surface area contributed by atoms with Crippen LogP contribution in [0.2, 0.25) is 0 Å². The number of rotatable bonds is 1. The lowest BCUT2D eigenvalue weighted by Crippen LogP contribution is -2.27. The second kappa shape index (κ2) is 6.43. The van der Waals surface area contributed by atoms with E-state index in [1.807, 2.05) is 0 Å². The van der Waals surface area contributed by atoms with Crippen molar-refractivity contribution in [1.82, 2.24) is 0 Å². The summed E-state index contributed by atoms with van der Waals surface area (Å²) >= 11 is 0. The van der Waals surface area contributed by atoms with Crippen LogP contribution in [0.3, 0.4) is 0 Å². The molecule has 0 fully saturated rings. The lowest BCUT2D eigenvalue weighted by Gasteiger charge is -2.32. The summed E-state index contributed by atoms with van der Waals surface area (Å²) in [6, 6.07) is 36.0. The smallest absolute Gasteiger partial charge is 0.0722 e. The molecule has 0 heteroatoms. The Kier molecular flexibility index (Phi) is 3.62. The minimum Gasteiger partial charge on any atom is -0.0836 e. The van der Waals surface area contributed by atoms with E-state index in [0.29, 0.717) is 5.92 Å². The van der Waals surface area contributed by atoms with Gasteiger partial charge in [0.15, 0.2) is 0 Å². The van der Waals surface area contributed by atoms with Gasteiger partial charge in [-0.25, -0.2) is 0 Å². The Labute approximate surface area is 189 Å². The van der Waals surface area contributed by atoms with Crippen molar-refractivity contribution in [1.29, 1.82) is 0 Å². The van der Waals surface area contributed by atoms with Gasteiger partial charge < -0.3 is 0 Å². The minimum absolute atomic E-state index is 0.228. The van der Waals surface area contributed by atoms with E-state index < -0.39 is 0 Å². The molecule has 152 valence electrons. The molecule has 3 aliphatic carbocycles. The molecule has 3 aliphatic rings. The van der Waals surface area contributed by atoms with E-state index in [0.717, 1.165) is 6.42 Å². The highest BCUT2D eigenvalue weighted by Gasteiger charge is 2.53. The molecule has 32 heavy (non-hydrogen) atoms. The molecule has 7 rings (SSSR count). The highest BCUT2D eigenvalue weighted by molar-refractivity contribution is 6.00. The minimum atomic E-state index is -0.228. The summed E-state index contributed by atoms with van der Waals surface area (Å²) in [6.07, 6.45) is 5.93. The van der Waals surface area contributed by atoms with E-state index in [-0.39, 0.29) is 5.41 Å². The van der Waals surface area contributed by atoms with Gasteiger partial charge in [-0.1, -0.05) is 116 Å². The maximum atomic E-state index is 2.43. The van der Waals surface area contributed by atoms with E-state index in [1.54, 1.807) is 0 Å². The maximum absolute atomic E-state index is 2.43. The second-order valence-corrected chi connectivity index (χ2v) is 9.30. The Bertz CT molecular complexity index is 1450. The Hall–Kier alpha value is -3.64. The first-order valence-corrected chi connectivity index (χ1v) is 11.6. The molecule has 4 aromatic carbocycles. The molecule has 0 amide bonds. The molecular weight excluding hydrogens is 384 g/mol. The third kappa shape index (κ3) is 2.08. The van der Waals surface area contributed by atoms with Crippen LogP contribution in [0.15, 0.2) is 115 Å². The molecule has 0 aromatic heterocycles. The number of hydrogen-bond acceptors (Lipinski definition) is 0. The van der Waals surface area contributed by atoms with Gasteiger partial charge in [-0.3, -0.25) is 0 Å². The summed E-state index contributed by atoms with van der Waals surface area (Å²) in [5.74, 6) is 0.532. The average molecular weight is 409 g/mol. The normalized spacial score (nSPS) is 22.0. The maximum Gasteiger partial charge on any atom is 0.0722 e. The Morgan fingerprint density at radius 1 is 0.625 bits per heavy atom. The molecule has 0 aliphatic heterocycles. The first-order valence-electron chi connectivity index (χ1n) is 11.6. The molecule has 0 N–H and O–H groups in total. The first-order chi connectivity index (χ1) is 15.8. The molecule has 0 radical (unpaired) electrons. The molecule has 1 spiro atoms. The van der Waals surface area contributed by atoms with Gasteiger partial charge in [0.25, 0.3) is 0 Å². The van der Waals surface area contributed by atoms with Crippen molar-refractivity contribution in [2.24, 2.45) is 5.92 Å². The van der Waals surface area contributed by atoms with Crippen LogP contribution >= 0.6 is 0 Å². The van der Waals surface area contributed by atoms with Crippen LogP contribution in [0, 0.1) is 5.92 Å². The fourth-order valence-electron chi connectivity index (χ4n) is 6.56. The van der Waals surface area contributed by atoms with Crippen LogP contribution in [0.4, 0.5) is 0 Å². The molecule has 0 saturated carbocycles. The molecule has 0 nitrogen and oxygen atoms in total. The summed E-state index contributed by atoms with van der Waals surface area (Å²) in [6.45, 7) is 2.39. The predicted octanol–water partition coefficient (Wildman–Crippen LogP) is 8.03. The zero-order valence-corrected chi connectivity index (χ0v) is 18.2. The molecular formula is C32H24. The Balaban J connectivity index is 1.66. The fourth-order valence-corrected chi connectivity index (χ4v) is 6.56. The van der Waals surface area contributed by atoms with Gasteiger partial charge in [-0.2, -0.15) is 0 Å². The van der Waals surface area contributed by atoms with Crippen molar-refractivity contribution in [2.75, 3.05) is 0 Å². The first kappa shape index (κ1) is 18.0. The lowest BCUT2D eigenvalue weighted by atomic mass is 9.68. The van der Waals surface area contributed by atoms with Crippen molar-refractivity contribution in [3.05, 3.63) is 137 Å². The largest absolute Gasteiger partial charge is 0.0836 e. The monoisotopic (exact) mass is 408 g/mol. The molecule has 2 atom stereocenters. The molecule has 4 aromatic rings. The highest BCUT2D eigenvalue weighted by atomic mass is 14.5. The SMILES string of the molecule is CC1CC=CC2=C1c1ccccc1C21c2ccccc2-c2c(-c3ccccc3)cccc21. The van der Waals surface area contributed by atoms with E-state index >= 15 is 0 Å². The topological polar surface area (TPSA) is 0 Å². The van der Waals surface area contributed by atoms with Crippen LogP contribution in [-0.4, -0.2) is 0 Å². The molecule has 0 saturated heterocycles. The number of allylic oxidation sites excluding steroid dienone is 4. The van der Waals surface area contributed by atoms with Gasteiger partial charge in [-0.15, -0.1) is 0 Å². The van der Waals surface area contributed by atoms with Crippen molar-refractivity contribution < 1.29 is 0 Å². The quantitative estimate of drug-likeness (QED) is 0.299. The third-order valence-corrected chi connectivity index (χ3v) is 7.74. The zero-order valence-electron chi connectivity index (χ0n) is 18.2. The third-order valence-electron chi connectivity index (χ3n) is 7.74. The van der Waals surface area contributed by atoms with Gasteiger partial charge in [0, 0.05) is 0 Å². The van der Waals surface area contributed by atoms with Gasteiger partial charge in [-0.05, 0) is 68.0 Å². The van der Waals surface area contributed by atoms with Gasteiger partial charge in [0.1, 0.15) is 0 Å². The fraction of sp³-hybridized carbons (Fsp3) is 0.125. The van der Waals surface area contributed by atoms with E-state index in [4.69, 9.17) is 0 Å². The lowest BCUT2D eigenvalue weighted by molar-refractivity contribution is 0.731. The summed E-state index contributed by atoms with van der Waals surface area (Å²) in [4.78, 5) is 0. The summed E-state index contributed by atoms with van der Waals surface area (Å²) in [5, 5.41) is 0. The van der Waals surface area contributed by atoms with Crippen molar-refractivity contribution in [3.8, 4) is 22.3 Å². The highest BCUT2D eigenvalue weighted by Crippen LogP contribution is 2.64. The number of hydrogen-bond donors (Lipinski definition) is 0. The van der Waals surface area contributed by atoms with E-state index in [9.17, 15) is 0 Å². The van der Waals surface area contributed by atoms with Crippen LogP contribution in [0.25, 0.3) is 27.8 Å². The number of fused-ring (bicyclic) bond motifs is 9. The van der Waals surface area contributed by atoms with Crippen molar-refractivity contribution in [3.63, 3.8) is 0 Å². The zero-order chi connectivity index (χ0) is 21.3. The van der Waals surface area contributed by atoms with Crippen molar-refractivity contribution >= 4 is 5.57 Å². The summed E-state index contributed by atoms with van der Waals surface area (Å²) < 4.78 is 0. The Morgan fingerprint density at radius 3 is 2.06 bits per heavy atom. The molecule has 0 bridgehead atoms. The molecule has 0 heterocycles. The van der Waals surface area contributed by atoms with Gasteiger partial charge in [0.2, 0.25) is 0 Å². The standard InChI is InChI=1S/C32H24/c1-21-11-9-19-28-30(21)24-14-5-7-17-26(24)32(28)27-18-8-6-15-25(27)31-23(16-10-20-29(31)32)22-12-3-2-4-13-22/h2-10,12-21H,11H2,1H3. The predicted molar refractivity (Wildman–Crippen MR) is 133 cm³/mol. The van der Waals surface area contributed by atoms with Crippen LogP contribution in [0.1, 0.15) is 35.6 Å². The average Bonchev–Trinajstić information content (AvgIpc) is 3.33. The second-order valence-electron chi connectivity index (χ2n) is 9.30. The van der Waals surface area contributed by atoms with Crippen LogP contribution < -0.4 is 0 Å². The van der Waals surface area contributed by atoms with Gasteiger partial charge >= 0.3 is 0 Å². The van der Waals surface area contributed by atoms with E-state index in [2.05, 4.69) is 116 Å². The van der Waals surface area contributed by atoms with E-state index in [1.165, 1.54) is 55.7 Å². The van der Waals surface area contributed by atoms with Gasteiger partial charge in [0.05, 0.1) is 5.41 Å². The van der Waals surface area contributed by atoms with Crippen LogP contribution in [0.5, 0.6) is 0 Å². The summed E-state index contributed by atoms with van der Waals surface area (Å²) in [7, 11) is 0. The number of benzene rings is 4. The summed E-state index contributed by atoms with van der Waals surface area (Å²) in [5.41, 5.74) is 13.9. The Morgan fingerprint density at radius 2 is 1.25 bits per heavy atom. The van der Waals surface area contributed by atoms with Crippen molar-refractivity contribution in [2.45, 2.75) is 18.8 Å². The van der Waals surface area contributed by atoms with Crippen LogP contribution in [-0.2, 0) is 5.41 Å².